The minimum Gasteiger partial charge on any atom is -0.369 e. The molecule has 0 N–H and O–H groups in total. The highest BCUT2D eigenvalue weighted by Gasteiger charge is 2.18. The van der Waals surface area contributed by atoms with E-state index < -0.39 is 0 Å². The van der Waals surface area contributed by atoms with Crippen LogP contribution < -0.4 is 4.90 Å². The monoisotopic (exact) mass is 204 g/mol. The molecule has 81 valence electrons. The van der Waals surface area contributed by atoms with Gasteiger partial charge in [-0.15, -0.1) is 0 Å². The van der Waals surface area contributed by atoms with E-state index in [1.54, 1.807) is 0 Å². The third kappa shape index (κ3) is 2.48. The summed E-state index contributed by atoms with van der Waals surface area (Å²) in [5.74, 6) is 0. The lowest BCUT2D eigenvalue weighted by atomic mass is 10.2. The Morgan fingerprint density at radius 1 is 1.07 bits per heavy atom. The van der Waals surface area contributed by atoms with Crippen molar-refractivity contribution in [2.24, 2.45) is 0 Å². The maximum atomic E-state index is 4.04. The van der Waals surface area contributed by atoms with E-state index in [2.05, 4.69) is 40.8 Å². The largest absolute Gasteiger partial charge is 0.369 e. The number of aromatic nitrogens is 1. The first kappa shape index (κ1) is 10.4. The Labute approximate surface area is 91.7 Å². The molecule has 1 saturated heterocycles. The fourth-order valence-electron chi connectivity index (χ4n) is 1.97. The average Bonchev–Trinajstić information content (AvgIpc) is 2.30. The Morgan fingerprint density at radius 3 is 2.20 bits per heavy atom. The summed E-state index contributed by atoms with van der Waals surface area (Å²) >= 11 is 0. The van der Waals surface area contributed by atoms with Crippen molar-refractivity contribution in [1.29, 1.82) is 0 Å². The highest BCUT2D eigenvalue weighted by atomic mass is 15.3. The number of nitrogens with zero attached hydrogens (tertiary/aromatic N) is 3. The van der Waals surface area contributed by atoms with Crippen LogP contribution in [0.3, 0.4) is 0 Å². The van der Waals surface area contributed by atoms with Gasteiger partial charge in [0, 0.05) is 50.3 Å². The zero-order valence-corrected chi connectivity index (χ0v) is 9.48. The summed E-state index contributed by atoms with van der Waals surface area (Å²) in [4.78, 5) is 8.90. The molecule has 15 heavy (non-hydrogen) atoms. The number of hydrogen-bond acceptors (Lipinski definition) is 3. The SMILES string of the molecule is C[C](C)N1CCN(c2ccncc2)CC1. The minimum atomic E-state index is 1.11. The van der Waals surface area contributed by atoms with E-state index in [1.165, 1.54) is 11.7 Å². The molecule has 0 saturated carbocycles. The van der Waals surface area contributed by atoms with Gasteiger partial charge in [0.2, 0.25) is 0 Å². The van der Waals surface area contributed by atoms with Crippen molar-refractivity contribution in [1.82, 2.24) is 9.88 Å². The van der Waals surface area contributed by atoms with Gasteiger partial charge in [-0.3, -0.25) is 9.88 Å². The van der Waals surface area contributed by atoms with E-state index in [-0.39, 0.29) is 0 Å². The molecule has 0 spiro atoms. The minimum absolute atomic E-state index is 1.11. The van der Waals surface area contributed by atoms with Crippen molar-refractivity contribution in [2.45, 2.75) is 13.8 Å². The van der Waals surface area contributed by atoms with Crippen LogP contribution in [0.2, 0.25) is 0 Å². The second kappa shape index (κ2) is 4.62. The quantitative estimate of drug-likeness (QED) is 0.732. The smallest absolute Gasteiger partial charge is 0.0397 e. The van der Waals surface area contributed by atoms with E-state index in [4.69, 9.17) is 0 Å². The van der Waals surface area contributed by atoms with Gasteiger partial charge in [-0.2, -0.15) is 0 Å². The summed E-state index contributed by atoms with van der Waals surface area (Å²) < 4.78 is 0. The zero-order valence-electron chi connectivity index (χ0n) is 9.48. The summed E-state index contributed by atoms with van der Waals surface area (Å²) in [5.41, 5.74) is 1.29. The molecule has 0 bridgehead atoms. The highest BCUT2D eigenvalue weighted by molar-refractivity contribution is 5.45. The van der Waals surface area contributed by atoms with Gasteiger partial charge in [0.1, 0.15) is 0 Å². The van der Waals surface area contributed by atoms with Crippen molar-refractivity contribution in [3.63, 3.8) is 0 Å². The first-order chi connectivity index (χ1) is 7.27. The predicted octanol–water partition coefficient (Wildman–Crippen LogP) is 1.78. The molecule has 0 amide bonds. The lowest BCUT2D eigenvalue weighted by Crippen LogP contribution is -2.46. The number of rotatable bonds is 2. The Morgan fingerprint density at radius 2 is 1.67 bits per heavy atom. The van der Waals surface area contributed by atoms with Gasteiger partial charge in [0.25, 0.3) is 0 Å². The van der Waals surface area contributed by atoms with Gasteiger partial charge in [-0.25, -0.2) is 0 Å². The van der Waals surface area contributed by atoms with E-state index in [0.717, 1.165) is 26.2 Å². The summed E-state index contributed by atoms with van der Waals surface area (Å²) in [5, 5.41) is 0. The topological polar surface area (TPSA) is 19.4 Å². The Bertz CT molecular complexity index is 289. The molecule has 0 unspecified atom stereocenters. The molecule has 1 aromatic heterocycles. The second-order valence-corrected chi connectivity index (χ2v) is 4.13. The maximum absolute atomic E-state index is 4.04. The molecule has 1 aromatic rings. The van der Waals surface area contributed by atoms with Crippen molar-refractivity contribution in [2.75, 3.05) is 31.1 Å². The van der Waals surface area contributed by atoms with E-state index in [0.29, 0.717) is 0 Å². The number of pyridine rings is 1. The van der Waals surface area contributed by atoms with Crippen molar-refractivity contribution < 1.29 is 0 Å². The lowest BCUT2D eigenvalue weighted by molar-refractivity contribution is 0.275. The number of anilines is 1. The first-order valence-corrected chi connectivity index (χ1v) is 5.47. The zero-order chi connectivity index (χ0) is 10.7. The molecule has 1 fully saturated rings. The molecule has 1 radical (unpaired) electrons. The molecule has 0 aromatic carbocycles. The molecular formula is C12H18N3. The lowest BCUT2D eigenvalue weighted by Gasteiger charge is -2.37. The average molecular weight is 204 g/mol. The third-order valence-corrected chi connectivity index (χ3v) is 2.94. The summed E-state index contributed by atoms with van der Waals surface area (Å²) in [6, 6.07) is 5.58. The molecule has 1 aliphatic rings. The molecule has 3 heteroatoms. The van der Waals surface area contributed by atoms with Gasteiger partial charge in [0.15, 0.2) is 0 Å². The highest BCUT2D eigenvalue weighted by Crippen LogP contribution is 2.17. The van der Waals surface area contributed by atoms with Gasteiger partial charge in [-0.05, 0) is 26.0 Å². The fraction of sp³-hybridized carbons (Fsp3) is 0.500. The van der Waals surface area contributed by atoms with E-state index >= 15 is 0 Å². The fourth-order valence-corrected chi connectivity index (χ4v) is 1.97. The van der Waals surface area contributed by atoms with Crippen LogP contribution in [0.4, 0.5) is 5.69 Å². The first-order valence-electron chi connectivity index (χ1n) is 5.47. The summed E-state index contributed by atoms with van der Waals surface area (Å²) in [6.45, 7) is 8.84. The molecule has 3 nitrogen and oxygen atoms in total. The number of hydrogen-bond donors (Lipinski definition) is 0. The van der Waals surface area contributed by atoms with Crippen LogP contribution in [-0.4, -0.2) is 36.1 Å². The van der Waals surface area contributed by atoms with Gasteiger partial charge in [-0.1, -0.05) is 0 Å². The van der Waals surface area contributed by atoms with E-state index in [9.17, 15) is 0 Å². The molecular weight excluding hydrogens is 186 g/mol. The van der Waals surface area contributed by atoms with Crippen LogP contribution in [0, 0.1) is 6.04 Å². The predicted molar refractivity (Wildman–Crippen MR) is 62.6 cm³/mol. The summed E-state index contributed by atoms with van der Waals surface area (Å²) in [6.07, 6.45) is 3.72. The maximum Gasteiger partial charge on any atom is 0.0397 e. The van der Waals surface area contributed by atoms with Crippen LogP contribution in [0.5, 0.6) is 0 Å². The second-order valence-electron chi connectivity index (χ2n) is 4.13. The summed E-state index contributed by atoms with van der Waals surface area (Å²) in [7, 11) is 0. The molecule has 2 heterocycles. The van der Waals surface area contributed by atoms with Crippen LogP contribution in [-0.2, 0) is 0 Å². The van der Waals surface area contributed by atoms with Crippen LogP contribution in [0.1, 0.15) is 13.8 Å². The molecule has 1 aliphatic heterocycles. The molecule has 0 atom stereocenters. The van der Waals surface area contributed by atoms with Crippen LogP contribution in [0.25, 0.3) is 0 Å². The normalized spacial score (nSPS) is 18.5. The Kier molecular flexibility index (Phi) is 3.21. The molecule has 2 rings (SSSR count). The van der Waals surface area contributed by atoms with Crippen molar-refractivity contribution in [3.8, 4) is 0 Å². The van der Waals surface area contributed by atoms with Crippen molar-refractivity contribution in [3.05, 3.63) is 30.6 Å². The van der Waals surface area contributed by atoms with E-state index in [1.807, 2.05) is 12.4 Å². The standard InChI is InChI=1S/C12H18N3/c1-11(2)14-7-9-15(10-8-14)12-3-5-13-6-4-12/h3-6H,7-10H2,1-2H3. The molecule has 0 aliphatic carbocycles. The van der Waals surface area contributed by atoms with Crippen LogP contribution >= 0.6 is 0 Å². The number of piperazine rings is 1. The van der Waals surface area contributed by atoms with Gasteiger partial charge < -0.3 is 4.90 Å². The van der Waals surface area contributed by atoms with Crippen molar-refractivity contribution >= 4 is 5.69 Å². The van der Waals surface area contributed by atoms with Gasteiger partial charge >= 0.3 is 0 Å². The Balaban J connectivity index is 1.94. The van der Waals surface area contributed by atoms with Gasteiger partial charge in [0.05, 0.1) is 0 Å². The third-order valence-electron chi connectivity index (χ3n) is 2.94. The Hall–Kier alpha value is -1.09. The van der Waals surface area contributed by atoms with Crippen LogP contribution in [0.15, 0.2) is 24.5 Å².